The summed E-state index contributed by atoms with van der Waals surface area (Å²) in [6.45, 7) is 6.67. The van der Waals surface area contributed by atoms with E-state index in [9.17, 15) is 0 Å². The molecule has 4 heteroatoms. The molecule has 18 heavy (non-hydrogen) atoms. The van der Waals surface area contributed by atoms with Crippen molar-refractivity contribution in [3.8, 4) is 0 Å². The summed E-state index contributed by atoms with van der Waals surface area (Å²) in [7, 11) is 0. The lowest BCUT2D eigenvalue weighted by Gasteiger charge is -2.27. The molecule has 0 spiro atoms. The Morgan fingerprint density at radius 1 is 1.50 bits per heavy atom. The summed E-state index contributed by atoms with van der Waals surface area (Å²) in [4.78, 5) is 7.24. The van der Waals surface area contributed by atoms with Gasteiger partial charge in [0.15, 0.2) is 0 Å². The first kappa shape index (κ1) is 13.3. The quantitative estimate of drug-likeness (QED) is 0.848. The molecule has 0 atom stereocenters. The second-order valence-electron chi connectivity index (χ2n) is 5.12. The molecular weight excluding hydrogens is 242 g/mol. The summed E-state index contributed by atoms with van der Waals surface area (Å²) < 4.78 is 0. The van der Waals surface area contributed by atoms with Crippen LogP contribution in [0.1, 0.15) is 38.7 Å². The van der Waals surface area contributed by atoms with Crippen molar-refractivity contribution >= 4 is 23.0 Å². The van der Waals surface area contributed by atoms with Crippen LogP contribution in [0.15, 0.2) is 18.3 Å². The Bertz CT molecular complexity index is 440. The lowest BCUT2D eigenvalue weighted by molar-refractivity contribution is 0.301. The maximum absolute atomic E-state index is 5.78. The predicted molar refractivity (Wildman–Crippen MR) is 80.0 cm³/mol. The molecule has 0 saturated carbocycles. The van der Waals surface area contributed by atoms with E-state index < -0.39 is 0 Å². The van der Waals surface area contributed by atoms with E-state index in [0.717, 1.165) is 24.5 Å². The van der Waals surface area contributed by atoms with Crippen molar-refractivity contribution in [3.63, 3.8) is 0 Å². The van der Waals surface area contributed by atoms with Crippen LogP contribution < -0.4 is 10.6 Å². The molecule has 1 aromatic heterocycles. The zero-order valence-electron chi connectivity index (χ0n) is 11.1. The monoisotopic (exact) mass is 263 g/mol. The number of nitrogens with zero attached hydrogens (tertiary/aromatic N) is 2. The third kappa shape index (κ3) is 2.34. The first-order valence-corrected chi connectivity index (χ1v) is 7.02. The summed E-state index contributed by atoms with van der Waals surface area (Å²) in [5.74, 6) is 0.953. The largest absolute Gasteiger partial charge is 0.389 e. The van der Waals surface area contributed by atoms with Gasteiger partial charge in [-0.15, -0.1) is 0 Å². The Kier molecular flexibility index (Phi) is 3.85. The van der Waals surface area contributed by atoms with Gasteiger partial charge in [0.25, 0.3) is 0 Å². The van der Waals surface area contributed by atoms with Crippen LogP contribution in [0, 0.1) is 5.41 Å². The van der Waals surface area contributed by atoms with Crippen molar-refractivity contribution in [2.45, 2.75) is 33.1 Å². The second-order valence-corrected chi connectivity index (χ2v) is 5.56. The number of pyridine rings is 1. The highest BCUT2D eigenvalue weighted by atomic mass is 32.1. The molecule has 0 unspecified atom stereocenters. The first-order valence-electron chi connectivity index (χ1n) is 6.61. The summed E-state index contributed by atoms with van der Waals surface area (Å²) >= 11 is 5.11. The van der Waals surface area contributed by atoms with Crippen LogP contribution in [0.2, 0.25) is 0 Å². The first-order chi connectivity index (χ1) is 8.62. The van der Waals surface area contributed by atoms with Crippen molar-refractivity contribution < 1.29 is 0 Å². The molecule has 0 aromatic carbocycles. The molecule has 2 rings (SSSR count). The molecule has 3 nitrogen and oxygen atoms in total. The topological polar surface area (TPSA) is 42.2 Å². The fourth-order valence-corrected chi connectivity index (χ4v) is 2.94. The van der Waals surface area contributed by atoms with E-state index in [4.69, 9.17) is 18.0 Å². The average Bonchev–Trinajstić information content (AvgIpc) is 2.83. The van der Waals surface area contributed by atoms with Crippen LogP contribution >= 0.6 is 12.2 Å². The second kappa shape index (κ2) is 5.22. The van der Waals surface area contributed by atoms with Gasteiger partial charge in [-0.2, -0.15) is 0 Å². The van der Waals surface area contributed by atoms with Gasteiger partial charge in [0, 0.05) is 19.3 Å². The Balaban J connectivity index is 2.27. The van der Waals surface area contributed by atoms with Gasteiger partial charge < -0.3 is 10.6 Å². The fourth-order valence-electron chi connectivity index (χ4n) is 2.78. The Morgan fingerprint density at radius 2 is 2.22 bits per heavy atom. The fraction of sp³-hybridized carbons (Fsp3) is 0.571. The van der Waals surface area contributed by atoms with E-state index in [-0.39, 0.29) is 0 Å². The van der Waals surface area contributed by atoms with Gasteiger partial charge in [0.1, 0.15) is 10.8 Å². The number of hydrogen-bond donors (Lipinski definition) is 1. The Hall–Kier alpha value is -1.16. The molecular formula is C14H21N3S. The predicted octanol–water partition coefficient (Wildman–Crippen LogP) is 2.73. The van der Waals surface area contributed by atoms with Gasteiger partial charge in [-0.25, -0.2) is 4.98 Å². The van der Waals surface area contributed by atoms with Crippen molar-refractivity contribution in [1.82, 2.24) is 4.98 Å². The summed E-state index contributed by atoms with van der Waals surface area (Å²) in [6, 6.07) is 3.85. The third-order valence-corrected chi connectivity index (χ3v) is 4.51. The van der Waals surface area contributed by atoms with Crippen molar-refractivity contribution in [1.29, 1.82) is 0 Å². The molecule has 1 aromatic rings. The van der Waals surface area contributed by atoms with E-state index in [2.05, 4.69) is 23.7 Å². The normalized spacial score (nSPS) is 18.0. The van der Waals surface area contributed by atoms with Gasteiger partial charge in [-0.1, -0.05) is 26.1 Å². The van der Waals surface area contributed by atoms with Crippen molar-refractivity contribution in [2.24, 2.45) is 11.1 Å². The van der Waals surface area contributed by atoms with Crippen molar-refractivity contribution in [2.75, 3.05) is 18.0 Å². The Labute approximate surface area is 114 Å². The highest BCUT2D eigenvalue weighted by molar-refractivity contribution is 7.80. The zero-order valence-corrected chi connectivity index (χ0v) is 12.0. The van der Waals surface area contributed by atoms with Crippen LogP contribution in [0.4, 0.5) is 5.82 Å². The zero-order chi connectivity index (χ0) is 13.2. The maximum Gasteiger partial charge on any atom is 0.138 e. The molecule has 1 aliphatic rings. The van der Waals surface area contributed by atoms with Crippen LogP contribution in [-0.2, 0) is 0 Å². The third-order valence-electron chi connectivity index (χ3n) is 4.29. The van der Waals surface area contributed by atoms with Crippen LogP contribution in [0.25, 0.3) is 0 Å². The maximum atomic E-state index is 5.78. The van der Waals surface area contributed by atoms with Gasteiger partial charge in [-0.3, -0.25) is 0 Å². The minimum absolute atomic E-state index is 0.434. The molecule has 1 fully saturated rings. The molecule has 1 aliphatic heterocycles. The number of thiocarbonyl (C=S) groups is 1. The van der Waals surface area contributed by atoms with Crippen LogP contribution in [-0.4, -0.2) is 23.1 Å². The molecule has 98 valence electrons. The molecule has 2 heterocycles. The van der Waals surface area contributed by atoms with E-state index in [1.807, 2.05) is 18.3 Å². The molecule has 0 aliphatic carbocycles. The van der Waals surface area contributed by atoms with Crippen LogP contribution in [0.5, 0.6) is 0 Å². The van der Waals surface area contributed by atoms with Crippen LogP contribution in [0.3, 0.4) is 0 Å². The lowest BCUT2D eigenvalue weighted by atomic mass is 9.82. The lowest BCUT2D eigenvalue weighted by Crippen LogP contribution is -2.28. The highest BCUT2D eigenvalue weighted by Crippen LogP contribution is 2.39. The number of nitrogens with two attached hydrogens (primary N) is 1. The number of hydrogen-bond acceptors (Lipinski definition) is 3. The van der Waals surface area contributed by atoms with Gasteiger partial charge in [0.2, 0.25) is 0 Å². The minimum atomic E-state index is 0.434. The van der Waals surface area contributed by atoms with Gasteiger partial charge in [0.05, 0.1) is 5.56 Å². The molecule has 0 bridgehead atoms. The molecule has 0 amide bonds. The summed E-state index contributed by atoms with van der Waals surface area (Å²) in [5.41, 5.74) is 7.11. The van der Waals surface area contributed by atoms with Crippen molar-refractivity contribution in [3.05, 3.63) is 23.9 Å². The van der Waals surface area contributed by atoms with E-state index in [0.29, 0.717) is 10.4 Å². The Morgan fingerprint density at radius 3 is 2.78 bits per heavy atom. The highest BCUT2D eigenvalue weighted by Gasteiger charge is 2.36. The molecule has 2 N–H and O–H groups in total. The molecule has 0 radical (unpaired) electrons. The van der Waals surface area contributed by atoms with Gasteiger partial charge in [-0.05, 0) is 36.8 Å². The SMILES string of the molecule is CCC1(CC)CCN(c2ncccc2C(N)=S)C1. The number of aromatic nitrogens is 1. The van der Waals surface area contributed by atoms with E-state index in [1.165, 1.54) is 19.3 Å². The van der Waals surface area contributed by atoms with Gasteiger partial charge >= 0.3 is 0 Å². The number of anilines is 1. The summed E-state index contributed by atoms with van der Waals surface area (Å²) in [6.07, 6.45) is 5.48. The van der Waals surface area contributed by atoms with E-state index in [1.54, 1.807) is 0 Å². The molecule has 1 saturated heterocycles. The standard InChI is InChI=1S/C14H21N3S/c1-3-14(4-2)7-9-17(10-14)13-11(12(15)18)6-5-8-16-13/h5-6,8H,3-4,7,9-10H2,1-2H3,(H2,15,18). The van der Waals surface area contributed by atoms with E-state index >= 15 is 0 Å². The summed E-state index contributed by atoms with van der Waals surface area (Å²) in [5, 5.41) is 0. The number of rotatable bonds is 4. The smallest absolute Gasteiger partial charge is 0.138 e. The average molecular weight is 263 g/mol. The minimum Gasteiger partial charge on any atom is -0.389 e.